The molecule has 0 saturated carbocycles. The van der Waals surface area contributed by atoms with Crippen LogP contribution in [0.4, 0.5) is 0 Å². The fraction of sp³-hybridized carbons (Fsp3) is 0.105. The maximum atomic E-state index is 5.92. The van der Waals surface area contributed by atoms with Crippen LogP contribution >= 0.6 is 23.4 Å². The van der Waals surface area contributed by atoms with Gasteiger partial charge in [-0.3, -0.25) is 0 Å². The minimum atomic E-state index is 0.578. The molecule has 0 amide bonds. The molecule has 5 nitrogen and oxygen atoms in total. The molecule has 0 radical (unpaired) electrons. The quantitative estimate of drug-likeness (QED) is 0.450. The van der Waals surface area contributed by atoms with E-state index in [0.717, 1.165) is 27.9 Å². The number of benzene rings is 2. The molecule has 0 spiro atoms. The average Bonchev–Trinajstić information content (AvgIpc) is 3.28. The Hall–Kier alpha value is -2.57. The largest absolute Gasteiger partial charge is 0.440 e. The fourth-order valence-corrected chi connectivity index (χ4v) is 3.42. The zero-order valence-electron chi connectivity index (χ0n) is 14.0. The van der Waals surface area contributed by atoms with Crippen molar-refractivity contribution in [2.45, 2.75) is 10.9 Å². The van der Waals surface area contributed by atoms with Crippen LogP contribution in [-0.2, 0) is 12.8 Å². The highest BCUT2D eigenvalue weighted by atomic mass is 35.5. The van der Waals surface area contributed by atoms with Gasteiger partial charge in [-0.15, -0.1) is 10.2 Å². The number of hydrogen-bond donors (Lipinski definition) is 0. The molecule has 0 bridgehead atoms. The van der Waals surface area contributed by atoms with Crippen LogP contribution in [0.2, 0.25) is 5.02 Å². The standard InChI is InChI=1S/C19H15ClN4OS/c1-24-18(14-5-3-2-4-6-14)22-23-19(24)26-12-17-21-11-16(25-17)13-7-9-15(20)10-8-13/h2-11H,12H2,1H3. The van der Waals surface area contributed by atoms with Gasteiger partial charge in [0, 0.05) is 23.2 Å². The third-order valence-electron chi connectivity index (χ3n) is 3.87. The van der Waals surface area contributed by atoms with Crippen molar-refractivity contribution in [1.29, 1.82) is 0 Å². The molecule has 0 saturated heterocycles. The zero-order valence-corrected chi connectivity index (χ0v) is 15.5. The van der Waals surface area contributed by atoms with Crippen LogP contribution in [-0.4, -0.2) is 19.7 Å². The minimum absolute atomic E-state index is 0.578. The van der Waals surface area contributed by atoms with E-state index in [0.29, 0.717) is 16.7 Å². The Morgan fingerprint density at radius 2 is 1.77 bits per heavy atom. The Kier molecular flexibility index (Phi) is 4.77. The molecule has 0 aliphatic heterocycles. The topological polar surface area (TPSA) is 56.7 Å². The van der Waals surface area contributed by atoms with Gasteiger partial charge in [0.2, 0.25) is 5.89 Å². The number of halogens is 1. The third-order valence-corrected chi connectivity index (χ3v) is 5.13. The molecule has 130 valence electrons. The van der Waals surface area contributed by atoms with Gasteiger partial charge in [-0.25, -0.2) is 4.98 Å². The minimum Gasteiger partial charge on any atom is -0.440 e. The molecule has 0 unspecified atom stereocenters. The Morgan fingerprint density at radius 3 is 2.54 bits per heavy atom. The summed E-state index contributed by atoms with van der Waals surface area (Å²) in [4.78, 5) is 4.35. The Bertz CT molecular complexity index is 1010. The van der Waals surface area contributed by atoms with Crippen LogP contribution in [0.15, 0.2) is 70.4 Å². The number of nitrogens with zero attached hydrogens (tertiary/aromatic N) is 4. The molecular weight excluding hydrogens is 368 g/mol. The summed E-state index contributed by atoms with van der Waals surface area (Å²) in [6.45, 7) is 0. The van der Waals surface area contributed by atoms with Crippen LogP contribution < -0.4 is 0 Å². The maximum absolute atomic E-state index is 5.92. The molecule has 0 atom stereocenters. The molecular formula is C19H15ClN4OS. The van der Waals surface area contributed by atoms with E-state index in [9.17, 15) is 0 Å². The Morgan fingerprint density at radius 1 is 1.00 bits per heavy atom. The van der Waals surface area contributed by atoms with E-state index in [1.165, 1.54) is 11.8 Å². The van der Waals surface area contributed by atoms with Gasteiger partial charge in [0.25, 0.3) is 0 Å². The zero-order chi connectivity index (χ0) is 17.9. The van der Waals surface area contributed by atoms with E-state index in [2.05, 4.69) is 15.2 Å². The van der Waals surface area contributed by atoms with Crippen molar-refractivity contribution in [3.05, 3.63) is 71.7 Å². The summed E-state index contributed by atoms with van der Waals surface area (Å²) in [5, 5.41) is 10.1. The van der Waals surface area contributed by atoms with Gasteiger partial charge in [0.05, 0.1) is 11.9 Å². The lowest BCUT2D eigenvalue weighted by Gasteiger charge is -2.02. The predicted octanol–water partition coefficient (Wildman–Crippen LogP) is 5.08. The molecule has 0 aliphatic rings. The van der Waals surface area contributed by atoms with E-state index in [1.807, 2.05) is 66.2 Å². The number of aromatic nitrogens is 4. The van der Waals surface area contributed by atoms with Gasteiger partial charge < -0.3 is 8.98 Å². The van der Waals surface area contributed by atoms with Crippen LogP contribution in [0, 0.1) is 0 Å². The first-order chi connectivity index (χ1) is 12.7. The van der Waals surface area contributed by atoms with Gasteiger partial charge in [-0.2, -0.15) is 0 Å². The summed E-state index contributed by atoms with van der Waals surface area (Å²) in [5.74, 6) is 2.78. The summed E-state index contributed by atoms with van der Waals surface area (Å²) >= 11 is 7.46. The number of rotatable bonds is 5. The van der Waals surface area contributed by atoms with Crippen molar-refractivity contribution in [2.75, 3.05) is 0 Å². The summed E-state index contributed by atoms with van der Waals surface area (Å²) in [5.41, 5.74) is 1.98. The first kappa shape index (κ1) is 16.9. The third kappa shape index (κ3) is 3.52. The number of oxazole rings is 1. The van der Waals surface area contributed by atoms with E-state index in [4.69, 9.17) is 16.0 Å². The van der Waals surface area contributed by atoms with E-state index in [-0.39, 0.29) is 0 Å². The van der Waals surface area contributed by atoms with Gasteiger partial charge in [0.1, 0.15) is 0 Å². The summed E-state index contributed by atoms with van der Waals surface area (Å²) in [6, 6.07) is 17.5. The molecule has 4 aromatic rings. The lowest BCUT2D eigenvalue weighted by Crippen LogP contribution is -1.94. The lowest BCUT2D eigenvalue weighted by atomic mass is 10.2. The molecule has 0 fully saturated rings. The average molecular weight is 383 g/mol. The first-order valence-corrected chi connectivity index (χ1v) is 9.35. The van der Waals surface area contributed by atoms with E-state index >= 15 is 0 Å². The van der Waals surface area contributed by atoms with Crippen molar-refractivity contribution in [2.24, 2.45) is 7.05 Å². The summed E-state index contributed by atoms with van der Waals surface area (Å²) in [6.07, 6.45) is 1.73. The fourth-order valence-electron chi connectivity index (χ4n) is 2.53. The molecule has 2 aromatic carbocycles. The highest BCUT2D eigenvalue weighted by molar-refractivity contribution is 7.98. The molecule has 4 rings (SSSR count). The smallest absolute Gasteiger partial charge is 0.205 e. The van der Waals surface area contributed by atoms with Crippen LogP contribution in [0.3, 0.4) is 0 Å². The van der Waals surface area contributed by atoms with Crippen molar-refractivity contribution in [3.63, 3.8) is 0 Å². The maximum Gasteiger partial charge on any atom is 0.205 e. The van der Waals surface area contributed by atoms with Crippen molar-refractivity contribution < 1.29 is 4.42 Å². The summed E-state index contributed by atoms with van der Waals surface area (Å²) < 4.78 is 7.81. The second kappa shape index (κ2) is 7.35. The van der Waals surface area contributed by atoms with Gasteiger partial charge in [0.15, 0.2) is 16.7 Å². The molecule has 26 heavy (non-hydrogen) atoms. The van der Waals surface area contributed by atoms with Crippen molar-refractivity contribution in [3.8, 4) is 22.7 Å². The normalized spacial score (nSPS) is 11.0. The predicted molar refractivity (Wildman–Crippen MR) is 103 cm³/mol. The molecule has 0 aliphatic carbocycles. The summed E-state index contributed by atoms with van der Waals surface area (Å²) in [7, 11) is 1.96. The second-order valence-corrected chi connectivity index (χ2v) is 7.02. The molecule has 0 N–H and O–H groups in total. The van der Waals surface area contributed by atoms with Gasteiger partial charge >= 0.3 is 0 Å². The SMILES string of the molecule is Cn1c(SCc2ncc(-c3ccc(Cl)cc3)o2)nnc1-c1ccccc1. The highest BCUT2D eigenvalue weighted by Gasteiger charge is 2.13. The van der Waals surface area contributed by atoms with E-state index in [1.54, 1.807) is 6.20 Å². The molecule has 2 aromatic heterocycles. The van der Waals surface area contributed by atoms with Gasteiger partial charge in [-0.1, -0.05) is 53.7 Å². The monoisotopic (exact) mass is 382 g/mol. The van der Waals surface area contributed by atoms with Crippen LogP contribution in [0.5, 0.6) is 0 Å². The van der Waals surface area contributed by atoms with Crippen LogP contribution in [0.25, 0.3) is 22.7 Å². The lowest BCUT2D eigenvalue weighted by molar-refractivity contribution is 0.529. The highest BCUT2D eigenvalue weighted by Crippen LogP contribution is 2.27. The Labute approximate surface area is 160 Å². The van der Waals surface area contributed by atoms with Crippen molar-refractivity contribution >= 4 is 23.4 Å². The van der Waals surface area contributed by atoms with E-state index < -0.39 is 0 Å². The van der Waals surface area contributed by atoms with Gasteiger partial charge in [-0.05, 0) is 24.3 Å². The Balaban J connectivity index is 1.47. The molecule has 2 heterocycles. The number of hydrogen-bond acceptors (Lipinski definition) is 5. The molecule has 7 heteroatoms. The first-order valence-electron chi connectivity index (χ1n) is 7.99. The number of thioether (sulfide) groups is 1. The second-order valence-electron chi connectivity index (χ2n) is 5.65. The van der Waals surface area contributed by atoms with Crippen molar-refractivity contribution in [1.82, 2.24) is 19.7 Å². The van der Waals surface area contributed by atoms with Crippen LogP contribution in [0.1, 0.15) is 5.89 Å².